The van der Waals surface area contributed by atoms with Crippen molar-refractivity contribution < 1.29 is 14.6 Å². The molecular weight excluding hydrogens is 192 g/mol. The van der Waals surface area contributed by atoms with Crippen LogP contribution < -0.4 is 0 Å². The highest BCUT2D eigenvalue weighted by molar-refractivity contribution is 4.91. The van der Waals surface area contributed by atoms with E-state index in [4.69, 9.17) is 0 Å². The van der Waals surface area contributed by atoms with Crippen LogP contribution in [0, 0.1) is 20.2 Å². The standard InChI is InChI=1S/C7H14N2O5/c1-6(2,8(10)11)7(3,5-14-4)9(12)13/h5H2,1-4H3/t7-/m1/s1. The van der Waals surface area contributed by atoms with Crippen molar-refractivity contribution in [2.24, 2.45) is 0 Å². The molecule has 0 N–H and O–H groups in total. The first-order valence-corrected chi connectivity index (χ1v) is 3.98. The molecule has 0 aliphatic carbocycles. The van der Waals surface area contributed by atoms with Crippen LogP contribution in [0.25, 0.3) is 0 Å². The molecule has 0 saturated carbocycles. The lowest BCUT2D eigenvalue weighted by molar-refractivity contribution is -0.679. The van der Waals surface area contributed by atoms with Crippen LogP contribution >= 0.6 is 0 Å². The van der Waals surface area contributed by atoms with Crippen molar-refractivity contribution >= 4 is 0 Å². The summed E-state index contributed by atoms with van der Waals surface area (Å²) < 4.78 is 4.66. The van der Waals surface area contributed by atoms with Crippen LogP contribution in [0.3, 0.4) is 0 Å². The normalized spacial score (nSPS) is 16.0. The van der Waals surface area contributed by atoms with Gasteiger partial charge < -0.3 is 4.74 Å². The molecule has 0 heterocycles. The number of nitrogens with zero attached hydrogens (tertiary/aromatic N) is 2. The Morgan fingerprint density at radius 2 is 1.57 bits per heavy atom. The van der Waals surface area contributed by atoms with Crippen LogP contribution in [0.1, 0.15) is 20.8 Å². The van der Waals surface area contributed by atoms with Gasteiger partial charge in [0.15, 0.2) is 0 Å². The highest BCUT2D eigenvalue weighted by Crippen LogP contribution is 2.28. The van der Waals surface area contributed by atoms with E-state index in [9.17, 15) is 20.2 Å². The summed E-state index contributed by atoms with van der Waals surface area (Å²) in [4.78, 5) is 20.2. The summed E-state index contributed by atoms with van der Waals surface area (Å²) in [6.45, 7) is 3.34. The van der Waals surface area contributed by atoms with Gasteiger partial charge in [-0.25, -0.2) is 0 Å². The van der Waals surface area contributed by atoms with Gasteiger partial charge in [0.05, 0.1) is 0 Å². The Balaban J connectivity index is 5.19. The SMILES string of the molecule is COC[C@@](C)([N+](=O)[O-])C(C)(C)[N+](=O)[O-]. The summed E-state index contributed by atoms with van der Waals surface area (Å²) in [5.41, 5.74) is -3.40. The zero-order valence-corrected chi connectivity index (χ0v) is 8.64. The van der Waals surface area contributed by atoms with Gasteiger partial charge in [-0.05, 0) is 0 Å². The van der Waals surface area contributed by atoms with Crippen molar-refractivity contribution in [3.8, 4) is 0 Å². The lowest BCUT2D eigenvalue weighted by Crippen LogP contribution is -2.60. The quantitative estimate of drug-likeness (QED) is 0.487. The average molecular weight is 206 g/mol. The van der Waals surface area contributed by atoms with E-state index < -0.39 is 20.9 Å². The van der Waals surface area contributed by atoms with E-state index in [2.05, 4.69) is 4.74 Å². The molecule has 82 valence electrons. The van der Waals surface area contributed by atoms with Crippen LogP contribution in [0.5, 0.6) is 0 Å². The van der Waals surface area contributed by atoms with E-state index in [1.165, 1.54) is 27.9 Å². The van der Waals surface area contributed by atoms with E-state index >= 15 is 0 Å². The summed E-state index contributed by atoms with van der Waals surface area (Å²) >= 11 is 0. The van der Waals surface area contributed by atoms with Crippen molar-refractivity contribution in [3.05, 3.63) is 20.2 Å². The highest BCUT2D eigenvalue weighted by Gasteiger charge is 2.61. The lowest BCUT2D eigenvalue weighted by Gasteiger charge is -2.28. The first kappa shape index (κ1) is 12.8. The van der Waals surface area contributed by atoms with Gasteiger partial charge in [-0.15, -0.1) is 0 Å². The molecule has 0 spiro atoms. The summed E-state index contributed by atoms with van der Waals surface area (Å²) in [7, 11) is 1.28. The minimum Gasteiger partial charge on any atom is -0.377 e. The summed E-state index contributed by atoms with van der Waals surface area (Å²) in [5.74, 6) is 0. The maximum atomic E-state index is 10.8. The molecule has 0 unspecified atom stereocenters. The molecule has 0 aliphatic rings. The van der Waals surface area contributed by atoms with E-state index in [0.29, 0.717) is 0 Å². The zero-order chi connectivity index (χ0) is 11.6. The largest absolute Gasteiger partial charge is 0.377 e. The van der Waals surface area contributed by atoms with Gasteiger partial charge in [0.1, 0.15) is 6.61 Å². The van der Waals surface area contributed by atoms with Gasteiger partial charge in [-0.1, -0.05) is 0 Å². The fourth-order valence-electron chi connectivity index (χ4n) is 0.930. The van der Waals surface area contributed by atoms with Crippen molar-refractivity contribution in [2.45, 2.75) is 31.8 Å². The van der Waals surface area contributed by atoms with E-state index in [1.807, 2.05) is 0 Å². The summed E-state index contributed by atoms with van der Waals surface area (Å²) in [5, 5.41) is 21.5. The van der Waals surface area contributed by atoms with E-state index in [0.717, 1.165) is 0 Å². The van der Waals surface area contributed by atoms with Crippen molar-refractivity contribution in [1.29, 1.82) is 0 Å². The van der Waals surface area contributed by atoms with Gasteiger partial charge in [0.25, 0.3) is 5.54 Å². The second-order valence-corrected chi connectivity index (χ2v) is 3.78. The van der Waals surface area contributed by atoms with Crippen LogP contribution in [0.15, 0.2) is 0 Å². The molecule has 0 amide bonds. The third-order valence-electron chi connectivity index (χ3n) is 2.60. The first-order chi connectivity index (χ1) is 6.20. The maximum Gasteiger partial charge on any atom is 0.309 e. The Morgan fingerprint density at radius 3 is 1.79 bits per heavy atom. The predicted octanol–water partition coefficient (Wildman–Crippen LogP) is 0.723. The Hall–Kier alpha value is -1.24. The average Bonchev–Trinajstić information content (AvgIpc) is 2.03. The molecule has 0 rings (SSSR count). The molecule has 0 fully saturated rings. The maximum absolute atomic E-state index is 10.8. The fraction of sp³-hybridized carbons (Fsp3) is 1.00. The van der Waals surface area contributed by atoms with Crippen LogP contribution in [0.4, 0.5) is 0 Å². The minimum atomic E-state index is -1.73. The molecule has 0 aromatic rings. The number of nitro groups is 2. The van der Waals surface area contributed by atoms with Crippen LogP contribution in [0.2, 0.25) is 0 Å². The fourth-order valence-corrected chi connectivity index (χ4v) is 0.930. The molecular formula is C7H14N2O5. The molecule has 1 atom stereocenters. The Morgan fingerprint density at radius 1 is 1.14 bits per heavy atom. The molecule has 0 aromatic heterocycles. The van der Waals surface area contributed by atoms with Gasteiger partial charge in [0.2, 0.25) is 0 Å². The zero-order valence-electron chi connectivity index (χ0n) is 8.64. The molecule has 7 heteroatoms. The van der Waals surface area contributed by atoms with Crippen LogP contribution in [-0.4, -0.2) is 34.6 Å². The monoisotopic (exact) mass is 206 g/mol. The third-order valence-corrected chi connectivity index (χ3v) is 2.60. The van der Waals surface area contributed by atoms with Gasteiger partial charge in [-0.3, -0.25) is 20.2 Å². The molecule has 0 aliphatic heterocycles. The molecule has 0 saturated heterocycles. The first-order valence-electron chi connectivity index (χ1n) is 3.98. The number of ether oxygens (including phenoxy) is 1. The topological polar surface area (TPSA) is 95.5 Å². The Bertz CT molecular complexity index is 252. The summed E-state index contributed by atoms with van der Waals surface area (Å²) in [6.07, 6.45) is 0. The number of hydrogen-bond donors (Lipinski definition) is 0. The predicted molar refractivity (Wildman–Crippen MR) is 48.3 cm³/mol. The Kier molecular flexibility index (Phi) is 3.53. The van der Waals surface area contributed by atoms with Gasteiger partial charge >= 0.3 is 5.54 Å². The summed E-state index contributed by atoms with van der Waals surface area (Å²) in [6, 6.07) is 0. The lowest BCUT2D eigenvalue weighted by atomic mass is 9.82. The van der Waals surface area contributed by atoms with Gasteiger partial charge in [0, 0.05) is 37.7 Å². The number of rotatable bonds is 5. The van der Waals surface area contributed by atoms with E-state index in [1.54, 1.807) is 0 Å². The number of methoxy groups -OCH3 is 1. The highest BCUT2D eigenvalue weighted by atomic mass is 16.7. The number of hydrogen-bond acceptors (Lipinski definition) is 5. The Labute approximate surface area is 81.3 Å². The van der Waals surface area contributed by atoms with Crippen molar-refractivity contribution in [1.82, 2.24) is 0 Å². The molecule has 0 aromatic carbocycles. The van der Waals surface area contributed by atoms with E-state index in [-0.39, 0.29) is 6.61 Å². The second-order valence-electron chi connectivity index (χ2n) is 3.78. The molecule has 0 bridgehead atoms. The molecule has 0 radical (unpaired) electrons. The second kappa shape index (κ2) is 3.87. The minimum absolute atomic E-state index is 0.298. The van der Waals surface area contributed by atoms with Crippen molar-refractivity contribution in [3.63, 3.8) is 0 Å². The molecule has 7 nitrogen and oxygen atoms in total. The molecule has 14 heavy (non-hydrogen) atoms. The third kappa shape index (κ3) is 1.82. The van der Waals surface area contributed by atoms with Crippen molar-refractivity contribution in [2.75, 3.05) is 13.7 Å². The smallest absolute Gasteiger partial charge is 0.309 e. The van der Waals surface area contributed by atoms with Gasteiger partial charge in [-0.2, -0.15) is 0 Å². The van der Waals surface area contributed by atoms with Crippen LogP contribution in [-0.2, 0) is 4.74 Å².